The molecular weight excluding hydrogens is 347 g/mol. The van der Waals surface area contributed by atoms with Crippen LogP contribution in [0.5, 0.6) is 5.75 Å². The van der Waals surface area contributed by atoms with Crippen LogP contribution in [-0.4, -0.2) is 18.4 Å². The molecule has 0 unspecified atom stereocenters. The van der Waals surface area contributed by atoms with Crippen LogP contribution < -0.4 is 4.74 Å². The summed E-state index contributed by atoms with van der Waals surface area (Å²) in [6, 6.07) is 22.7. The molecule has 0 aliphatic carbocycles. The molecule has 27 heavy (non-hydrogen) atoms. The molecule has 0 aliphatic heterocycles. The van der Waals surface area contributed by atoms with Gasteiger partial charge in [-0.3, -0.25) is 4.79 Å². The van der Waals surface area contributed by atoms with E-state index in [2.05, 4.69) is 0 Å². The predicted octanol–water partition coefficient (Wildman–Crippen LogP) is 4.37. The first kappa shape index (κ1) is 18.3. The van der Waals surface area contributed by atoms with Crippen LogP contribution in [0.4, 0.5) is 4.39 Å². The molecule has 0 N–H and O–H groups in total. The highest BCUT2D eigenvalue weighted by Gasteiger charge is 2.26. The summed E-state index contributed by atoms with van der Waals surface area (Å²) in [6.45, 7) is -0.392. The first-order chi connectivity index (χ1) is 13.1. The molecule has 0 heterocycles. The zero-order valence-electron chi connectivity index (χ0n) is 14.4. The lowest BCUT2D eigenvalue weighted by Crippen LogP contribution is -2.23. The molecule has 0 bridgehead atoms. The Morgan fingerprint density at radius 1 is 0.815 bits per heavy atom. The van der Waals surface area contributed by atoms with Crippen molar-refractivity contribution >= 4 is 11.8 Å². The molecule has 0 saturated heterocycles. The summed E-state index contributed by atoms with van der Waals surface area (Å²) in [4.78, 5) is 25.1. The van der Waals surface area contributed by atoms with Gasteiger partial charge in [-0.2, -0.15) is 0 Å². The van der Waals surface area contributed by atoms with Gasteiger partial charge in [0, 0.05) is 11.1 Å². The fourth-order valence-electron chi connectivity index (χ4n) is 2.49. The highest BCUT2D eigenvalue weighted by molar-refractivity contribution is 6.01. The smallest absolute Gasteiger partial charge is 0.345 e. The number of ketones is 1. The Bertz CT molecular complexity index is 893. The average Bonchev–Trinajstić information content (AvgIpc) is 2.72. The SMILES string of the molecule is O=C(COc1ccc(F)cc1)O[C@@H](C(=O)c1ccccc1)c1ccccc1. The number of benzene rings is 3. The normalized spacial score (nSPS) is 11.4. The number of halogens is 1. The van der Waals surface area contributed by atoms with Crippen LogP contribution in [0.3, 0.4) is 0 Å². The van der Waals surface area contributed by atoms with Crippen molar-refractivity contribution in [2.45, 2.75) is 6.10 Å². The second-order valence-corrected chi connectivity index (χ2v) is 5.75. The minimum atomic E-state index is -1.07. The Balaban J connectivity index is 1.72. The van der Waals surface area contributed by atoms with Gasteiger partial charge in [0.2, 0.25) is 5.78 Å². The topological polar surface area (TPSA) is 52.6 Å². The summed E-state index contributed by atoms with van der Waals surface area (Å²) in [5.41, 5.74) is 1.01. The number of carbonyl (C=O) groups excluding carboxylic acids is 2. The van der Waals surface area contributed by atoms with Crippen LogP contribution in [0.2, 0.25) is 0 Å². The minimum Gasteiger partial charge on any atom is -0.482 e. The third-order valence-corrected chi connectivity index (χ3v) is 3.82. The summed E-state index contributed by atoms with van der Waals surface area (Å²) in [5.74, 6) is -1.09. The summed E-state index contributed by atoms with van der Waals surface area (Å²) in [7, 11) is 0. The van der Waals surface area contributed by atoms with Crippen LogP contribution in [-0.2, 0) is 9.53 Å². The maximum Gasteiger partial charge on any atom is 0.345 e. The predicted molar refractivity (Wildman–Crippen MR) is 97.9 cm³/mol. The second kappa shape index (κ2) is 8.76. The first-order valence-corrected chi connectivity index (χ1v) is 8.35. The van der Waals surface area contributed by atoms with E-state index in [0.717, 1.165) is 0 Å². The third-order valence-electron chi connectivity index (χ3n) is 3.82. The molecule has 1 atom stereocenters. The van der Waals surface area contributed by atoms with Gasteiger partial charge in [-0.15, -0.1) is 0 Å². The van der Waals surface area contributed by atoms with Crippen molar-refractivity contribution in [3.05, 3.63) is 102 Å². The van der Waals surface area contributed by atoms with Gasteiger partial charge >= 0.3 is 5.97 Å². The van der Waals surface area contributed by atoms with Gasteiger partial charge in [-0.05, 0) is 24.3 Å². The molecule has 0 radical (unpaired) electrons. The van der Waals surface area contributed by atoms with Gasteiger partial charge in [-0.25, -0.2) is 9.18 Å². The number of esters is 1. The number of hydrogen-bond donors (Lipinski definition) is 0. The molecule has 3 rings (SSSR count). The van der Waals surface area contributed by atoms with E-state index < -0.39 is 24.5 Å². The lowest BCUT2D eigenvalue weighted by molar-refractivity contribution is -0.149. The van der Waals surface area contributed by atoms with E-state index in [1.807, 2.05) is 6.07 Å². The zero-order chi connectivity index (χ0) is 19.1. The fourth-order valence-corrected chi connectivity index (χ4v) is 2.49. The van der Waals surface area contributed by atoms with Gasteiger partial charge in [0.05, 0.1) is 0 Å². The standard InChI is InChI=1S/C22H17FO4/c23-18-11-13-19(14-12-18)26-15-20(24)27-22(17-9-5-2-6-10-17)21(25)16-7-3-1-4-8-16/h1-14,22H,15H2/t22-/m1/s1. The van der Waals surface area contributed by atoms with Gasteiger partial charge in [0.25, 0.3) is 0 Å². The highest BCUT2D eigenvalue weighted by atomic mass is 19.1. The molecule has 0 amide bonds. The van der Waals surface area contributed by atoms with Crippen molar-refractivity contribution in [3.8, 4) is 5.75 Å². The number of Topliss-reactive ketones (excluding diaryl/α,β-unsaturated/α-hetero) is 1. The van der Waals surface area contributed by atoms with Crippen LogP contribution in [0.15, 0.2) is 84.9 Å². The monoisotopic (exact) mass is 364 g/mol. The van der Waals surface area contributed by atoms with Crippen molar-refractivity contribution in [2.24, 2.45) is 0 Å². The Hall–Kier alpha value is -3.47. The van der Waals surface area contributed by atoms with Gasteiger partial charge < -0.3 is 9.47 Å². The van der Waals surface area contributed by atoms with E-state index in [1.54, 1.807) is 54.6 Å². The molecule has 4 nitrogen and oxygen atoms in total. The number of hydrogen-bond acceptors (Lipinski definition) is 4. The summed E-state index contributed by atoms with van der Waals surface area (Å²) in [6.07, 6.45) is -1.07. The van der Waals surface area contributed by atoms with Gasteiger partial charge in [0.15, 0.2) is 12.7 Å². The van der Waals surface area contributed by atoms with Crippen LogP contribution in [0, 0.1) is 5.82 Å². The van der Waals surface area contributed by atoms with Crippen molar-refractivity contribution in [3.63, 3.8) is 0 Å². The maximum absolute atomic E-state index is 12.9. The van der Waals surface area contributed by atoms with E-state index in [-0.39, 0.29) is 5.78 Å². The van der Waals surface area contributed by atoms with E-state index in [1.165, 1.54) is 24.3 Å². The molecule has 136 valence electrons. The highest BCUT2D eigenvalue weighted by Crippen LogP contribution is 2.23. The molecule has 0 aromatic heterocycles. The molecule has 3 aromatic carbocycles. The molecule has 3 aromatic rings. The van der Waals surface area contributed by atoms with Crippen LogP contribution in [0.25, 0.3) is 0 Å². The quantitative estimate of drug-likeness (QED) is 0.461. The minimum absolute atomic E-state index is 0.322. The van der Waals surface area contributed by atoms with Crippen LogP contribution >= 0.6 is 0 Å². The van der Waals surface area contributed by atoms with E-state index in [4.69, 9.17) is 9.47 Å². The molecule has 0 spiro atoms. The molecule has 0 fully saturated rings. The fraction of sp³-hybridized carbons (Fsp3) is 0.0909. The first-order valence-electron chi connectivity index (χ1n) is 8.35. The summed E-state index contributed by atoms with van der Waals surface area (Å²) in [5, 5.41) is 0. The number of rotatable bonds is 7. The Morgan fingerprint density at radius 3 is 2.04 bits per heavy atom. The van der Waals surface area contributed by atoms with E-state index in [9.17, 15) is 14.0 Å². The van der Waals surface area contributed by atoms with Crippen molar-refractivity contribution < 1.29 is 23.5 Å². The number of carbonyl (C=O) groups is 2. The maximum atomic E-state index is 12.9. The van der Waals surface area contributed by atoms with Crippen molar-refractivity contribution in [1.29, 1.82) is 0 Å². The Morgan fingerprint density at radius 2 is 1.41 bits per heavy atom. The molecule has 0 saturated carbocycles. The molecule has 0 aliphatic rings. The Labute approximate surface area is 156 Å². The average molecular weight is 364 g/mol. The summed E-state index contributed by atoms with van der Waals surface area (Å²) < 4.78 is 23.6. The summed E-state index contributed by atoms with van der Waals surface area (Å²) >= 11 is 0. The van der Waals surface area contributed by atoms with Crippen molar-refractivity contribution in [1.82, 2.24) is 0 Å². The van der Waals surface area contributed by atoms with Crippen molar-refractivity contribution in [2.75, 3.05) is 6.61 Å². The molecular formula is C22H17FO4. The molecule has 5 heteroatoms. The van der Waals surface area contributed by atoms with Crippen LogP contribution in [0.1, 0.15) is 22.0 Å². The van der Waals surface area contributed by atoms with E-state index in [0.29, 0.717) is 16.9 Å². The van der Waals surface area contributed by atoms with Gasteiger partial charge in [0.1, 0.15) is 11.6 Å². The lowest BCUT2D eigenvalue weighted by Gasteiger charge is -2.17. The van der Waals surface area contributed by atoms with Gasteiger partial charge in [-0.1, -0.05) is 60.7 Å². The zero-order valence-corrected chi connectivity index (χ0v) is 14.4. The third kappa shape index (κ3) is 5.01. The second-order valence-electron chi connectivity index (χ2n) is 5.75. The largest absolute Gasteiger partial charge is 0.482 e. The Kier molecular flexibility index (Phi) is 5.94. The van der Waals surface area contributed by atoms with E-state index >= 15 is 0 Å². The number of ether oxygens (including phenoxy) is 2. The lowest BCUT2D eigenvalue weighted by atomic mass is 10.00.